The number of ether oxygens (including phenoxy) is 2. The monoisotopic (exact) mass is 392 g/mol. The first-order valence-electron chi connectivity index (χ1n) is 10.0. The second-order valence-corrected chi connectivity index (χ2v) is 7.90. The molecule has 5 rings (SSSR count). The molecule has 4 atom stereocenters. The lowest BCUT2D eigenvalue weighted by molar-refractivity contribution is 0.162. The molecule has 0 aliphatic heterocycles. The molecular weight excluding hydrogens is 368 g/mol. The molecule has 2 N–H and O–H groups in total. The van der Waals surface area contributed by atoms with E-state index in [1.54, 1.807) is 18.0 Å². The van der Waals surface area contributed by atoms with E-state index in [4.69, 9.17) is 15.2 Å². The number of hydrogen-bond acceptors (Lipinski definition) is 7. The summed E-state index contributed by atoms with van der Waals surface area (Å²) in [5, 5.41) is 12.8. The first kappa shape index (κ1) is 18.1. The number of nitrogens with two attached hydrogens (primary N) is 1. The Kier molecular flexibility index (Phi) is 4.63. The number of methoxy groups -OCH3 is 1. The summed E-state index contributed by atoms with van der Waals surface area (Å²) in [6.07, 6.45) is 8.03. The normalized spacial score (nSPS) is 25.7. The van der Waals surface area contributed by atoms with E-state index in [1.807, 2.05) is 36.5 Å². The summed E-state index contributed by atoms with van der Waals surface area (Å²) in [6.45, 7) is 0. The molecule has 3 heterocycles. The lowest BCUT2D eigenvalue weighted by Crippen LogP contribution is -2.28. The summed E-state index contributed by atoms with van der Waals surface area (Å²) in [7, 11) is 1.59. The topological polar surface area (TPSA) is 101 Å². The number of fused-ring (bicyclic) bond motifs is 1. The van der Waals surface area contributed by atoms with E-state index >= 15 is 0 Å². The van der Waals surface area contributed by atoms with Gasteiger partial charge in [-0.15, -0.1) is 10.2 Å². The zero-order valence-electron chi connectivity index (χ0n) is 16.3. The molecule has 29 heavy (non-hydrogen) atoms. The summed E-state index contributed by atoms with van der Waals surface area (Å²) in [4.78, 5) is 4.56. The number of nitrogens with zero attached hydrogens (tertiary/aromatic N) is 5. The molecule has 2 unspecified atom stereocenters. The van der Waals surface area contributed by atoms with Gasteiger partial charge in [-0.05, 0) is 61.8 Å². The van der Waals surface area contributed by atoms with Crippen molar-refractivity contribution in [3.63, 3.8) is 0 Å². The molecule has 3 aromatic rings. The molecule has 2 saturated carbocycles. The Morgan fingerprint density at radius 3 is 2.62 bits per heavy atom. The van der Waals surface area contributed by atoms with Crippen molar-refractivity contribution in [2.24, 2.45) is 17.6 Å². The van der Waals surface area contributed by atoms with E-state index in [-0.39, 0.29) is 12.1 Å². The minimum atomic E-state index is 0.120. The van der Waals surface area contributed by atoms with Gasteiger partial charge in [-0.2, -0.15) is 5.10 Å². The first-order valence-corrected chi connectivity index (χ1v) is 10.0. The van der Waals surface area contributed by atoms with Crippen molar-refractivity contribution in [3.8, 4) is 28.8 Å². The van der Waals surface area contributed by atoms with E-state index in [9.17, 15) is 0 Å². The van der Waals surface area contributed by atoms with Crippen LogP contribution in [0.3, 0.4) is 0 Å². The van der Waals surface area contributed by atoms with Gasteiger partial charge in [0.1, 0.15) is 17.5 Å². The third-order valence-electron chi connectivity index (χ3n) is 5.78. The highest BCUT2D eigenvalue weighted by atomic mass is 16.5. The second kappa shape index (κ2) is 7.44. The third-order valence-corrected chi connectivity index (χ3v) is 5.78. The number of aromatic nitrogens is 5. The van der Waals surface area contributed by atoms with Gasteiger partial charge in [0.05, 0.1) is 12.8 Å². The van der Waals surface area contributed by atoms with Crippen molar-refractivity contribution < 1.29 is 9.47 Å². The maximum atomic E-state index is 6.23. The van der Waals surface area contributed by atoms with Crippen LogP contribution in [0.5, 0.6) is 11.8 Å². The Bertz CT molecular complexity index is 973. The smallest absolute Gasteiger partial charge is 0.240 e. The number of hydrogen-bond donors (Lipinski definition) is 1. The van der Waals surface area contributed by atoms with Gasteiger partial charge in [0.15, 0.2) is 0 Å². The lowest BCUT2D eigenvalue weighted by atomic mass is 10.1. The van der Waals surface area contributed by atoms with Gasteiger partial charge in [0.25, 0.3) is 0 Å². The van der Waals surface area contributed by atoms with E-state index < -0.39 is 0 Å². The van der Waals surface area contributed by atoms with Crippen LogP contribution < -0.4 is 15.2 Å². The van der Waals surface area contributed by atoms with Gasteiger partial charge in [-0.1, -0.05) is 0 Å². The van der Waals surface area contributed by atoms with Gasteiger partial charge >= 0.3 is 0 Å². The van der Waals surface area contributed by atoms with E-state index in [2.05, 4.69) is 20.3 Å². The third kappa shape index (κ3) is 3.80. The van der Waals surface area contributed by atoms with Crippen LogP contribution in [-0.4, -0.2) is 44.2 Å². The molecule has 0 spiro atoms. The Morgan fingerprint density at radius 2 is 1.86 bits per heavy atom. The van der Waals surface area contributed by atoms with Crippen LogP contribution in [0.4, 0.5) is 0 Å². The van der Waals surface area contributed by atoms with E-state index in [1.165, 1.54) is 6.42 Å². The van der Waals surface area contributed by atoms with Crippen LogP contribution in [0.1, 0.15) is 25.7 Å². The zero-order chi connectivity index (χ0) is 19.8. The van der Waals surface area contributed by atoms with E-state index in [0.29, 0.717) is 23.1 Å². The number of pyridine rings is 1. The Hall–Kier alpha value is -3.00. The van der Waals surface area contributed by atoms with Crippen LogP contribution in [0, 0.1) is 11.8 Å². The molecule has 2 fully saturated rings. The van der Waals surface area contributed by atoms with Gasteiger partial charge < -0.3 is 15.2 Å². The Balaban J connectivity index is 1.32. The highest BCUT2D eigenvalue weighted by Gasteiger charge is 2.43. The van der Waals surface area contributed by atoms with Crippen LogP contribution >= 0.6 is 0 Å². The fourth-order valence-corrected chi connectivity index (χ4v) is 4.24. The SMILES string of the molecule is COc1nc(-c2ccc(O[C@@H]3CC(N)CC4C[C@H]4C3)nn2)ccc1-n1cccn1. The predicted molar refractivity (Wildman–Crippen MR) is 107 cm³/mol. The summed E-state index contributed by atoms with van der Waals surface area (Å²) in [5.74, 6) is 2.58. The van der Waals surface area contributed by atoms with Crippen molar-refractivity contribution in [2.75, 3.05) is 7.11 Å². The summed E-state index contributed by atoms with van der Waals surface area (Å²) in [6, 6.07) is 9.56. The highest BCUT2D eigenvalue weighted by molar-refractivity contribution is 5.58. The van der Waals surface area contributed by atoms with Gasteiger partial charge in [-0.3, -0.25) is 0 Å². The fourth-order valence-electron chi connectivity index (χ4n) is 4.24. The van der Waals surface area contributed by atoms with Crippen LogP contribution in [0.25, 0.3) is 17.1 Å². The summed E-state index contributed by atoms with van der Waals surface area (Å²) < 4.78 is 13.2. The summed E-state index contributed by atoms with van der Waals surface area (Å²) >= 11 is 0. The molecule has 0 saturated heterocycles. The molecule has 2 aliphatic carbocycles. The minimum Gasteiger partial charge on any atom is -0.479 e. The van der Waals surface area contributed by atoms with Crippen LogP contribution in [0.2, 0.25) is 0 Å². The molecule has 0 bridgehead atoms. The highest BCUT2D eigenvalue weighted by Crippen LogP contribution is 2.48. The molecule has 150 valence electrons. The van der Waals surface area contributed by atoms with Crippen molar-refractivity contribution in [1.29, 1.82) is 0 Å². The minimum absolute atomic E-state index is 0.120. The van der Waals surface area contributed by atoms with E-state index in [0.717, 1.165) is 36.8 Å². The number of rotatable bonds is 5. The molecule has 2 aliphatic rings. The predicted octanol–water partition coefficient (Wildman–Crippen LogP) is 2.63. The van der Waals surface area contributed by atoms with Gasteiger partial charge in [0, 0.05) is 24.5 Å². The Labute approximate surface area is 169 Å². The van der Waals surface area contributed by atoms with Gasteiger partial charge in [-0.25, -0.2) is 9.67 Å². The lowest BCUT2D eigenvalue weighted by Gasteiger charge is -2.19. The zero-order valence-corrected chi connectivity index (χ0v) is 16.3. The molecule has 0 aromatic carbocycles. The molecule has 0 radical (unpaired) electrons. The second-order valence-electron chi connectivity index (χ2n) is 7.90. The standard InChI is InChI=1S/C21H24N6O2/c1-28-21-19(27-8-2-7-23-27)5-3-17(24-21)18-4-6-20(26-25-18)29-16-11-14-9-13(14)10-15(22)12-16/h2-8,13-16H,9-12,22H2,1H3/t13?,14-,15?,16-/m0/s1. The molecule has 8 heteroatoms. The first-order chi connectivity index (χ1) is 14.2. The van der Waals surface area contributed by atoms with Gasteiger partial charge in [0.2, 0.25) is 11.8 Å². The van der Waals surface area contributed by atoms with Crippen LogP contribution in [-0.2, 0) is 0 Å². The Morgan fingerprint density at radius 1 is 1.00 bits per heavy atom. The molecule has 0 amide bonds. The quantitative estimate of drug-likeness (QED) is 0.712. The molecule has 3 aromatic heterocycles. The van der Waals surface area contributed by atoms with Crippen LogP contribution in [0.15, 0.2) is 42.7 Å². The average molecular weight is 392 g/mol. The molecule has 8 nitrogen and oxygen atoms in total. The average Bonchev–Trinajstić information content (AvgIpc) is 3.25. The van der Waals surface area contributed by atoms with Crippen molar-refractivity contribution in [2.45, 2.75) is 37.8 Å². The van der Waals surface area contributed by atoms with Crippen molar-refractivity contribution in [1.82, 2.24) is 25.0 Å². The largest absolute Gasteiger partial charge is 0.479 e. The fraction of sp³-hybridized carbons (Fsp3) is 0.429. The van der Waals surface area contributed by atoms with Crippen molar-refractivity contribution >= 4 is 0 Å². The molecular formula is C21H24N6O2. The van der Waals surface area contributed by atoms with Crippen molar-refractivity contribution in [3.05, 3.63) is 42.7 Å². The summed E-state index contributed by atoms with van der Waals surface area (Å²) in [5.41, 5.74) is 8.32. The maximum Gasteiger partial charge on any atom is 0.240 e. The maximum absolute atomic E-state index is 6.23.